The summed E-state index contributed by atoms with van der Waals surface area (Å²) in [4.78, 5) is 60.4. The van der Waals surface area contributed by atoms with Crippen LogP contribution in [0.25, 0.3) is 0 Å². The van der Waals surface area contributed by atoms with Gasteiger partial charge in [0.15, 0.2) is 0 Å². The number of likely N-dealkylation sites (tertiary alicyclic amines) is 1. The van der Waals surface area contributed by atoms with E-state index in [1.165, 1.54) is 12.1 Å². The molecule has 0 saturated carbocycles. The van der Waals surface area contributed by atoms with Crippen molar-refractivity contribution in [1.29, 1.82) is 0 Å². The van der Waals surface area contributed by atoms with Gasteiger partial charge in [0.1, 0.15) is 17.7 Å². The Morgan fingerprint density at radius 3 is 2.04 bits per heavy atom. The number of nitrogen functional groups attached to an aromatic ring is 1. The van der Waals surface area contributed by atoms with Crippen LogP contribution >= 0.6 is 11.6 Å². The summed E-state index contributed by atoms with van der Waals surface area (Å²) < 4.78 is 76.9. The lowest BCUT2D eigenvalue weighted by Gasteiger charge is -2.23. The summed E-state index contributed by atoms with van der Waals surface area (Å²) in [6, 6.07) is 6.34. The molecule has 0 bridgehead atoms. The second-order valence-electron chi connectivity index (χ2n) is 10.4. The first-order chi connectivity index (χ1) is 22.4. The number of aryl methyl sites for hydroxylation is 1. The molecule has 0 spiro atoms. The molecule has 1 fully saturated rings. The zero-order valence-electron chi connectivity index (χ0n) is 25.5. The van der Waals surface area contributed by atoms with Gasteiger partial charge in [-0.15, -0.1) is 0 Å². The molecule has 1 aromatic heterocycles. The Hall–Kier alpha value is -4.72. The second-order valence-corrected chi connectivity index (χ2v) is 10.8. The molecule has 3 atom stereocenters. The Balaban J connectivity index is 0.000000717. The average molecular weight is 734 g/mol. The van der Waals surface area contributed by atoms with Gasteiger partial charge in [-0.25, -0.2) is 19.0 Å². The summed E-state index contributed by atoms with van der Waals surface area (Å²) in [5, 5.41) is 29.0. The molecular weight excluding hydrogens is 703 g/mol. The third-order valence-corrected chi connectivity index (χ3v) is 6.84. The SMILES string of the molecule is Cc1nc(N)ccc1CNC(=O)C(C)NC(=O)[C@H]1C[C@H](Cc2ccc(F)c(Cl)c2)CN1CC(=O)O.O=C(O)C(F)(F)F.O=C(O)C(F)(F)F. The number of nitrogens with one attached hydrogen (secondary N) is 2. The highest BCUT2D eigenvalue weighted by molar-refractivity contribution is 6.30. The van der Waals surface area contributed by atoms with Crippen molar-refractivity contribution in [2.45, 2.75) is 57.7 Å². The Labute approximate surface area is 278 Å². The number of rotatable bonds is 9. The van der Waals surface area contributed by atoms with Crippen molar-refractivity contribution in [1.82, 2.24) is 20.5 Å². The minimum absolute atomic E-state index is 0.0157. The molecule has 0 radical (unpaired) electrons. The number of pyridine rings is 1. The van der Waals surface area contributed by atoms with E-state index >= 15 is 0 Å². The average Bonchev–Trinajstić information content (AvgIpc) is 3.35. The monoisotopic (exact) mass is 733 g/mol. The molecule has 21 heteroatoms. The van der Waals surface area contributed by atoms with Crippen LogP contribution in [0.2, 0.25) is 5.02 Å². The van der Waals surface area contributed by atoms with Gasteiger partial charge in [0.05, 0.1) is 17.6 Å². The van der Waals surface area contributed by atoms with Gasteiger partial charge >= 0.3 is 30.3 Å². The van der Waals surface area contributed by atoms with Gasteiger partial charge in [0, 0.05) is 18.8 Å². The van der Waals surface area contributed by atoms with Crippen molar-refractivity contribution in [2.75, 3.05) is 18.8 Å². The summed E-state index contributed by atoms with van der Waals surface area (Å²) in [5.41, 5.74) is 7.95. The van der Waals surface area contributed by atoms with Crippen LogP contribution in [-0.4, -0.2) is 92.5 Å². The number of alkyl halides is 6. The molecule has 13 nitrogen and oxygen atoms in total. The predicted octanol–water partition coefficient (Wildman–Crippen LogP) is 3.17. The first-order valence-electron chi connectivity index (χ1n) is 13.7. The fourth-order valence-corrected chi connectivity index (χ4v) is 4.48. The van der Waals surface area contributed by atoms with Gasteiger partial charge in [0.2, 0.25) is 11.8 Å². The molecule has 7 N–H and O–H groups in total. The predicted molar refractivity (Wildman–Crippen MR) is 156 cm³/mol. The number of hydrogen-bond acceptors (Lipinski definition) is 8. The number of benzene rings is 1. The van der Waals surface area contributed by atoms with Crippen LogP contribution in [-0.2, 0) is 36.9 Å². The number of amides is 2. The third kappa shape index (κ3) is 14.9. The summed E-state index contributed by atoms with van der Waals surface area (Å²) in [6.45, 7) is 3.66. The number of carboxylic acid groups (broad SMARTS) is 3. The molecule has 3 rings (SSSR count). The fourth-order valence-electron chi connectivity index (χ4n) is 4.27. The van der Waals surface area contributed by atoms with E-state index in [4.69, 9.17) is 37.1 Å². The van der Waals surface area contributed by atoms with E-state index in [9.17, 15) is 50.2 Å². The van der Waals surface area contributed by atoms with Crippen LogP contribution in [0.1, 0.15) is 30.2 Å². The molecule has 0 aliphatic carbocycles. The maximum absolute atomic E-state index is 13.5. The number of anilines is 1. The summed E-state index contributed by atoms with van der Waals surface area (Å²) >= 11 is 5.87. The van der Waals surface area contributed by atoms with Crippen LogP contribution in [0.5, 0.6) is 0 Å². The molecule has 1 saturated heterocycles. The highest BCUT2D eigenvalue weighted by atomic mass is 35.5. The largest absolute Gasteiger partial charge is 0.490 e. The van der Waals surface area contributed by atoms with Crippen molar-refractivity contribution in [3.63, 3.8) is 0 Å². The first-order valence-corrected chi connectivity index (χ1v) is 14.1. The van der Waals surface area contributed by atoms with Crippen LogP contribution in [0.15, 0.2) is 30.3 Å². The number of nitrogens with two attached hydrogens (primary N) is 1. The van der Waals surface area contributed by atoms with Crippen LogP contribution in [0.3, 0.4) is 0 Å². The number of aliphatic carboxylic acids is 3. The Morgan fingerprint density at radius 1 is 1.02 bits per heavy atom. The highest BCUT2D eigenvalue weighted by Crippen LogP contribution is 2.28. The van der Waals surface area contributed by atoms with Gasteiger partial charge in [-0.3, -0.25) is 19.3 Å². The Bertz CT molecular complexity index is 1490. The standard InChI is InChI=1S/C24H29ClFN5O4.2C2HF3O2/c1-13-17(4-6-21(27)29-13)10-28-23(34)14(2)30-24(35)20-9-16(11-31(20)12-22(32)33)7-15-3-5-19(26)18(25)8-15;2*3-2(4,5)1(6)7/h3-6,8,14,16,20H,7,9-12H2,1-2H3,(H2,27,29)(H,28,34)(H,30,35)(H,32,33);2*(H,6,7)/t14?,16-,20+;;/m0../s1. The fraction of sp³-hybridized carbons (Fsp3) is 0.429. The summed E-state index contributed by atoms with van der Waals surface area (Å²) in [6.07, 6.45) is -9.25. The molecule has 1 unspecified atom stereocenters. The molecule has 2 aromatic rings. The molecule has 2 heterocycles. The van der Waals surface area contributed by atoms with Crippen molar-refractivity contribution in [3.05, 3.63) is 58.0 Å². The van der Waals surface area contributed by atoms with Crippen LogP contribution < -0.4 is 16.4 Å². The number of aromatic nitrogens is 1. The van der Waals surface area contributed by atoms with Gasteiger partial charge in [-0.1, -0.05) is 23.7 Å². The molecule has 1 aliphatic rings. The van der Waals surface area contributed by atoms with E-state index in [1.807, 2.05) is 0 Å². The van der Waals surface area contributed by atoms with Crippen molar-refractivity contribution < 1.29 is 70.0 Å². The molecule has 272 valence electrons. The normalized spacial score (nSPS) is 16.6. The minimum atomic E-state index is -5.08. The topological polar surface area (TPSA) is 212 Å². The van der Waals surface area contributed by atoms with Crippen molar-refractivity contribution >= 4 is 47.1 Å². The van der Waals surface area contributed by atoms with Crippen molar-refractivity contribution in [3.8, 4) is 0 Å². The Morgan fingerprint density at radius 2 is 1.57 bits per heavy atom. The molecule has 2 amide bonds. The van der Waals surface area contributed by atoms with Gasteiger partial charge < -0.3 is 31.7 Å². The van der Waals surface area contributed by atoms with Gasteiger partial charge in [0.25, 0.3) is 0 Å². The molecular formula is C28H31ClF7N5O8. The Kier molecular flexibility index (Phi) is 15.7. The lowest BCUT2D eigenvalue weighted by molar-refractivity contribution is -0.193. The zero-order valence-corrected chi connectivity index (χ0v) is 26.3. The van der Waals surface area contributed by atoms with E-state index in [0.29, 0.717) is 30.9 Å². The maximum atomic E-state index is 13.5. The first kappa shape index (κ1) is 42.3. The number of hydrogen-bond donors (Lipinski definition) is 6. The smallest absolute Gasteiger partial charge is 0.480 e. The summed E-state index contributed by atoms with van der Waals surface area (Å²) in [5.74, 6) is -7.51. The lowest BCUT2D eigenvalue weighted by Crippen LogP contribution is -2.51. The van der Waals surface area contributed by atoms with E-state index in [-0.39, 0.29) is 29.9 Å². The number of carbonyl (C=O) groups is 5. The summed E-state index contributed by atoms with van der Waals surface area (Å²) in [7, 11) is 0. The third-order valence-electron chi connectivity index (χ3n) is 6.55. The molecule has 49 heavy (non-hydrogen) atoms. The zero-order chi connectivity index (χ0) is 37.9. The van der Waals surface area contributed by atoms with E-state index in [1.54, 1.807) is 36.9 Å². The van der Waals surface area contributed by atoms with Crippen molar-refractivity contribution in [2.24, 2.45) is 5.92 Å². The number of halogens is 8. The van der Waals surface area contributed by atoms with E-state index in [2.05, 4.69) is 15.6 Å². The minimum Gasteiger partial charge on any atom is -0.480 e. The van der Waals surface area contributed by atoms with Crippen LogP contribution in [0, 0.1) is 18.7 Å². The molecule has 1 aliphatic heterocycles. The molecule has 1 aromatic carbocycles. The number of carbonyl (C=O) groups excluding carboxylic acids is 2. The number of nitrogens with zero attached hydrogens (tertiary/aromatic N) is 2. The van der Waals surface area contributed by atoms with E-state index < -0.39 is 54.1 Å². The van der Waals surface area contributed by atoms with E-state index in [0.717, 1.165) is 11.1 Å². The van der Waals surface area contributed by atoms with Gasteiger partial charge in [-0.2, -0.15) is 26.3 Å². The highest BCUT2D eigenvalue weighted by Gasteiger charge is 2.40. The maximum Gasteiger partial charge on any atom is 0.490 e. The van der Waals surface area contributed by atoms with Crippen LogP contribution in [0.4, 0.5) is 36.6 Å². The second kappa shape index (κ2) is 18.2. The quantitative estimate of drug-likeness (QED) is 0.206. The lowest BCUT2D eigenvalue weighted by atomic mass is 9.96. The van der Waals surface area contributed by atoms with Gasteiger partial charge in [-0.05, 0) is 61.9 Å². The number of carboxylic acids is 3.